The van der Waals surface area contributed by atoms with Gasteiger partial charge in [0.05, 0.1) is 17.7 Å². The van der Waals surface area contributed by atoms with Gasteiger partial charge in [-0.05, 0) is 78.7 Å². The van der Waals surface area contributed by atoms with Crippen molar-refractivity contribution in [2.45, 2.75) is 25.3 Å². The van der Waals surface area contributed by atoms with Crippen molar-refractivity contribution in [1.29, 1.82) is 0 Å². The van der Waals surface area contributed by atoms with Gasteiger partial charge in [0.1, 0.15) is 5.82 Å². The normalized spacial score (nSPS) is 14.9. The number of aliphatic hydroxyl groups is 1. The van der Waals surface area contributed by atoms with Gasteiger partial charge in [0.25, 0.3) is 5.56 Å². The second kappa shape index (κ2) is 10.4. The molecule has 1 aromatic carbocycles. The largest absolute Gasteiger partial charge is 0.395 e. The summed E-state index contributed by atoms with van der Waals surface area (Å²) in [5.74, 6) is 1.02. The summed E-state index contributed by atoms with van der Waals surface area (Å²) in [7, 11) is 0. The molecule has 35 heavy (non-hydrogen) atoms. The third kappa shape index (κ3) is 5.09. The van der Waals surface area contributed by atoms with E-state index in [9.17, 15) is 4.79 Å². The van der Waals surface area contributed by atoms with Gasteiger partial charge in [-0.25, -0.2) is 4.98 Å². The second-order valence-electron chi connectivity index (χ2n) is 9.00. The van der Waals surface area contributed by atoms with E-state index in [1.807, 2.05) is 30.3 Å². The van der Waals surface area contributed by atoms with Crippen molar-refractivity contribution in [2.24, 2.45) is 5.73 Å². The number of nitrogens with two attached hydrogens (primary N) is 1. The first-order valence-electron chi connectivity index (χ1n) is 12.0. The molecule has 0 spiro atoms. The molecule has 4 heterocycles. The number of nitrogens with one attached hydrogen (secondary N) is 2. The fourth-order valence-corrected chi connectivity index (χ4v) is 4.80. The van der Waals surface area contributed by atoms with Crippen molar-refractivity contribution in [2.75, 3.05) is 31.6 Å². The highest BCUT2D eigenvalue weighted by Gasteiger charge is 2.20. The number of benzene rings is 1. The number of aromatic nitrogens is 3. The SMILES string of the molecule is NCc1cncc(-c2cc3cc[nH]c(=O)c3c(Nc3ccc(C4CCN(CCO)CC4)cc3)n2)c1. The number of rotatable bonds is 7. The number of H-pyrrole nitrogens is 1. The van der Waals surface area contributed by atoms with Crippen LogP contribution in [0.1, 0.15) is 29.9 Å². The van der Waals surface area contributed by atoms with Crippen LogP contribution >= 0.6 is 0 Å². The van der Waals surface area contributed by atoms with Crippen molar-refractivity contribution < 1.29 is 5.11 Å². The van der Waals surface area contributed by atoms with Crippen LogP contribution in [-0.2, 0) is 6.54 Å². The minimum absolute atomic E-state index is 0.191. The summed E-state index contributed by atoms with van der Waals surface area (Å²) >= 11 is 0. The first-order chi connectivity index (χ1) is 17.1. The van der Waals surface area contributed by atoms with E-state index < -0.39 is 0 Å². The monoisotopic (exact) mass is 470 g/mol. The van der Waals surface area contributed by atoms with Crippen LogP contribution in [0.5, 0.6) is 0 Å². The molecule has 1 aliphatic heterocycles. The fraction of sp³-hybridized carbons (Fsp3) is 0.296. The highest BCUT2D eigenvalue weighted by atomic mass is 16.3. The molecule has 1 aliphatic rings. The third-order valence-corrected chi connectivity index (χ3v) is 6.73. The molecule has 0 aliphatic carbocycles. The summed E-state index contributed by atoms with van der Waals surface area (Å²) in [6.45, 7) is 3.38. The van der Waals surface area contributed by atoms with Crippen LogP contribution in [0.4, 0.5) is 11.5 Å². The van der Waals surface area contributed by atoms with E-state index in [-0.39, 0.29) is 12.2 Å². The van der Waals surface area contributed by atoms with Crippen LogP contribution in [0.3, 0.4) is 0 Å². The van der Waals surface area contributed by atoms with Crippen molar-refractivity contribution in [3.8, 4) is 11.3 Å². The van der Waals surface area contributed by atoms with E-state index >= 15 is 0 Å². The molecule has 0 amide bonds. The van der Waals surface area contributed by atoms with Gasteiger partial charge < -0.3 is 26.0 Å². The van der Waals surface area contributed by atoms with Crippen LogP contribution < -0.4 is 16.6 Å². The molecule has 0 unspecified atom stereocenters. The first-order valence-corrected chi connectivity index (χ1v) is 12.0. The Morgan fingerprint density at radius 2 is 1.91 bits per heavy atom. The molecule has 180 valence electrons. The Morgan fingerprint density at radius 3 is 2.66 bits per heavy atom. The van der Waals surface area contributed by atoms with Crippen molar-refractivity contribution in [3.63, 3.8) is 0 Å². The van der Waals surface area contributed by atoms with Gasteiger partial charge in [0.2, 0.25) is 0 Å². The maximum atomic E-state index is 12.7. The first kappa shape index (κ1) is 23.2. The molecule has 0 saturated carbocycles. The number of hydrogen-bond acceptors (Lipinski definition) is 7. The third-order valence-electron chi connectivity index (χ3n) is 6.73. The number of piperidine rings is 1. The molecule has 5 rings (SSSR count). The van der Waals surface area contributed by atoms with Crippen molar-refractivity contribution in [3.05, 3.63) is 82.5 Å². The zero-order chi connectivity index (χ0) is 24.2. The standard InChI is InChI=1S/C27H30N6O2/c28-15-18-13-22(17-29-16-18)24-14-21-5-8-30-27(35)25(21)26(32-24)31-23-3-1-19(2-4-23)20-6-9-33(10-7-20)11-12-34/h1-5,8,13-14,16-17,20,34H,6-7,9-12,15,28H2,(H,30,35)(H,31,32). The maximum Gasteiger partial charge on any atom is 0.259 e. The number of β-amino-alcohol motifs (C(OH)–C–C–N with tert-alkyl or cyclic N) is 1. The minimum Gasteiger partial charge on any atom is -0.395 e. The smallest absolute Gasteiger partial charge is 0.259 e. The second-order valence-corrected chi connectivity index (χ2v) is 9.00. The fourth-order valence-electron chi connectivity index (χ4n) is 4.80. The van der Waals surface area contributed by atoms with Crippen molar-refractivity contribution >= 4 is 22.3 Å². The van der Waals surface area contributed by atoms with Crippen LogP contribution in [-0.4, -0.2) is 51.2 Å². The molecule has 1 fully saturated rings. The Labute approximate surface area is 203 Å². The molecule has 5 N–H and O–H groups in total. The Bertz CT molecular complexity index is 1360. The van der Waals surface area contributed by atoms with Crippen molar-refractivity contribution in [1.82, 2.24) is 19.9 Å². The van der Waals surface area contributed by atoms with Gasteiger partial charge in [-0.3, -0.25) is 9.78 Å². The number of pyridine rings is 3. The van der Waals surface area contributed by atoms with E-state index in [0.29, 0.717) is 23.7 Å². The molecule has 4 aromatic rings. The zero-order valence-electron chi connectivity index (χ0n) is 19.6. The van der Waals surface area contributed by atoms with Crippen LogP contribution in [0.15, 0.2) is 65.8 Å². The average Bonchev–Trinajstić information content (AvgIpc) is 2.90. The summed E-state index contributed by atoms with van der Waals surface area (Å²) < 4.78 is 0. The van der Waals surface area contributed by atoms with Gasteiger partial charge in [-0.2, -0.15) is 0 Å². The van der Waals surface area contributed by atoms with E-state index in [1.54, 1.807) is 18.6 Å². The number of anilines is 2. The number of aliphatic hydroxyl groups excluding tert-OH is 1. The van der Waals surface area contributed by atoms with E-state index in [2.05, 4.69) is 32.3 Å². The van der Waals surface area contributed by atoms with E-state index in [0.717, 1.165) is 60.4 Å². The molecule has 3 aromatic heterocycles. The van der Waals surface area contributed by atoms with Gasteiger partial charge in [-0.1, -0.05) is 12.1 Å². The topological polar surface area (TPSA) is 120 Å². The van der Waals surface area contributed by atoms with Gasteiger partial charge in [0, 0.05) is 42.9 Å². The highest BCUT2D eigenvalue weighted by molar-refractivity contribution is 5.95. The van der Waals surface area contributed by atoms with Crippen LogP contribution in [0.2, 0.25) is 0 Å². The lowest BCUT2D eigenvalue weighted by atomic mass is 9.89. The average molecular weight is 471 g/mol. The quantitative estimate of drug-likeness (QED) is 0.327. The minimum atomic E-state index is -0.191. The number of likely N-dealkylation sites (tertiary alicyclic amines) is 1. The van der Waals surface area contributed by atoms with Crippen LogP contribution in [0.25, 0.3) is 22.0 Å². The highest BCUT2D eigenvalue weighted by Crippen LogP contribution is 2.31. The maximum absolute atomic E-state index is 12.7. The number of aromatic amines is 1. The van der Waals surface area contributed by atoms with Gasteiger partial charge in [-0.15, -0.1) is 0 Å². The lowest BCUT2D eigenvalue weighted by Crippen LogP contribution is -2.34. The Morgan fingerprint density at radius 1 is 1.11 bits per heavy atom. The predicted octanol–water partition coefficient (Wildman–Crippen LogP) is 3.36. The predicted molar refractivity (Wildman–Crippen MR) is 139 cm³/mol. The van der Waals surface area contributed by atoms with E-state index in [1.165, 1.54) is 5.56 Å². The lowest BCUT2D eigenvalue weighted by molar-refractivity contribution is 0.164. The molecule has 1 saturated heterocycles. The molecular formula is C27H30N6O2. The summed E-state index contributed by atoms with van der Waals surface area (Å²) in [4.78, 5) is 26.8. The number of hydrogen-bond donors (Lipinski definition) is 4. The van der Waals surface area contributed by atoms with Gasteiger partial charge >= 0.3 is 0 Å². The van der Waals surface area contributed by atoms with Gasteiger partial charge in [0.15, 0.2) is 0 Å². The Balaban J connectivity index is 1.43. The molecule has 8 nitrogen and oxygen atoms in total. The summed E-state index contributed by atoms with van der Waals surface area (Å²) in [6, 6.07) is 14.1. The lowest BCUT2D eigenvalue weighted by Gasteiger charge is -2.31. The molecular weight excluding hydrogens is 440 g/mol. The zero-order valence-corrected chi connectivity index (χ0v) is 19.6. The summed E-state index contributed by atoms with van der Waals surface area (Å²) in [5.41, 5.74) is 10.3. The summed E-state index contributed by atoms with van der Waals surface area (Å²) in [6.07, 6.45) is 7.32. The van der Waals surface area contributed by atoms with Crippen LogP contribution in [0, 0.1) is 0 Å². The molecule has 0 radical (unpaired) electrons. The molecule has 8 heteroatoms. The Hall–Kier alpha value is -3.59. The molecule has 0 atom stereocenters. The summed E-state index contributed by atoms with van der Waals surface area (Å²) in [5, 5.41) is 13.8. The number of fused-ring (bicyclic) bond motifs is 1. The molecule has 0 bridgehead atoms. The van der Waals surface area contributed by atoms with E-state index in [4.69, 9.17) is 15.8 Å². The Kier molecular flexibility index (Phi) is 6.85. The number of nitrogens with zero attached hydrogens (tertiary/aromatic N) is 3.